The molecule has 15 heavy (non-hydrogen) atoms. The topological polar surface area (TPSA) is 51.0 Å². The number of hydrogen-bond acceptors (Lipinski definition) is 5. The summed E-state index contributed by atoms with van der Waals surface area (Å²) < 4.78 is 5.63. The third-order valence-corrected chi connectivity index (χ3v) is 3.12. The summed E-state index contributed by atoms with van der Waals surface area (Å²) in [7, 11) is 1.88. The minimum Gasteiger partial charge on any atom is -0.438 e. The van der Waals surface area contributed by atoms with Gasteiger partial charge in [0.1, 0.15) is 0 Å². The minimum atomic E-state index is 0.132. The smallest absolute Gasteiger partial charge is 0.211 e. The molecule has 0 amide bonds. The Bertz CT molecular complexity index is 449. The summed E-state index contributed by atoms with van der Waals surface area (Å²) in [5.41, 5.74) is 0. The van der Waals surface area contributed by atoms with E-state index in [9.17, 15) is 0 Å². The van der Waals surface area contributed by atoms with Gasteiger partial charge in [-0.1, -0.05) is 0 Å². The van der Waals surface area contributed by atoms with Gasteiger partial charge in [0.15, 0.2) is 5.76 Å². The van der Waals surface area contributed by atoms with Gasteiger partial charge in [0.05, 0.1) is 22.1 Å². The first kappa shape index (κ1) is 10.3. The molecule has 2 aromatic heterocycles. The van der Waals surface area contributed by atoms with E-state index in [0.717, 1.165) is 15.6 Å². The van der Waals surface area contributed by atoms with E-state index >= 15 is 0 Å². The summed E-state index contributed by atoms with van der Waals surface area (Å²) in [5.74, 6) is 1.50. The fraction of sp³-hybridized carbons (Fsp3) is 0.400. The maximum absolute atomic E-state index is 5.63. The van der Waals surface area contributed by atoms with Gasteiger partial charge in [0, 0.05) is 6.20 Å². The summed E-state index contributed by atoms with van der Waals surface area (Å²) in [6.45, 7) is 3.98. The molecular formula is C10H13N3OS. The van der Waals surface area contributed by atoms with Crippen LogP contribution in [0.5, 0.6) is 0 Å². The maximum Gasteiger partial charge on any atom is 0.211 e. The maximum atomic E-state index is 5.63. The van der Waals surface area contributed by atoms with Gasteiger partial charge in [-0.2, -0.15) is 0 Å². The molecule has 2 aromatic rings. The summed E-state index contributed by atoms with van der Waals surface area (Å²) in [5, 5.41) is 4.11. The Labute approximate surface area is 92.4 Å². The van der Waals surface area contributed by atoms with Crippen molar-refractivity contribution < 1.29 is 4.42 Å². The molecule has 1 unspecified atom stereocenters. The Balaban J connectivity index is 2.27. The van der Waals surface area contributed by atoms with Gasteiger partial charge >= 0.3 is 0 Å². The molecule has 2 rings (SSSR count). The molecule has 0 saturated carbocycles. The van der Waals surface area contributed by atoms with Gasteiger partial charge in [-0.15, -0.1) is 11.3 Å². The Kier molecular flexibility index (Phi) is 2.83. The summed E-state index contributed by atoms with van der Waals surface area (Å²) in [6.07, 6.45) is 3.56. The third-order valence-electron chi connectivity index (χ3n) is 2.19. The predicted octanol–water partition coefficient (Wildman–Crippen LogP) is 2.39. The molecule has 80 valence electrons. The van der Waals surface area contributed by atoms with Crippen LogP contribution >= 0.6 is 11.3 Å². The summed E-state index contributed by atoms with van der Waals surface area (Å²) in [6, 6.07) is 0.132. The number of hydrogen-bond donors (Lipinski definition) is 1. The first-order chi connectivity index (χ1) is 7.20. The second kappa shape index (κ2) is 4.12. The average Bonchev–Trinajstić information content (AvgIpc) is 2.84. The zero-order chi connectivity index (χ0) is 10.8. The van der Waals surface area contributed by atoms with Crippen LogP contribution in [0.2, 0.25) is 0 Å². The highest BCUT2D eigenvalue weighted by Crippen LogP contribution is 2.27. The van der Waals surface area contributed by atoms with Crippen molar-refractivity contribution in [3.63, 3.8) is 0 Å². The van der Waals surface area contributed by atoms with E-state index < -0.39 is 0 Å². The van der Waals surface area contributed by atoms with Gasteiger partial charge in [0.2, 0.25) is 5.89 Å². The Morgan fingerprint density at radius 1 is 1.40 bits per heavy atom. The van der Waals surface area contributed by atoms with Crippen LogP contribution in [0.25, 0.3) is 10.6 Å². The molecule has 0 aliphatic heterocycles. The van der Waals surface area contributed by atoms with Gasteiger partial charge in [0.25, 0.3) is 0 Å². The highest BCUT2D eigenvalue weighted by Gasteiger charge is 2.12. The van der Waals surface area contributed by atoms with Crippen LogP contribution in [0.15, 0.2) is 16.8 Å². The molecule has 2 heterocycles. The van der Waals surface area contributed by atoms with E-state index in [1.165, 1.54) is 0 Å². The van der Waals surface area contributed by atoms with Crippen LogP contribution in [0.3, 0.4) is 0 Å². The van der Waals surface area contributed by atoms with Gasteiger partial charge < -0.3 is 9.73 Å². The Morgan fingerprint density at radius 3 is 2.80 bits per heavy atom. The number of aryl methyl sites for hydroxylation is 1. The lowest BCUT2D eigenvalue weighted by Gasteiger charge is -2.03. The number of nitrogens with one attached hydrogen (secondary N) is 1. The zero-order valence-corrected chi connectivity index (χ0v) is 9.76. The molecule has 0 aliphatic carbocycles. The normalized spacial score (nSPS) is 13.0. The molecular weight excluding hydrogens is 210 g/mol. The van der Waals surface area contributed by atoms with Crippen LogP contribution in [-0.2, 0) is 0 Å². The quantitative estimate of drug-likeness (QED) is 0.868. The zero-order valence-electron chi connectivity index (χ0n) is 8.94. The lowest BCUT2D eigenvalue weighted by atomic mass is 10.3. The molecule has 0 saturated heterocycles. The highest BCUT2D eigenvalue weighted by atomic mass is 32.1. The van der Waals surface area contributed by atoms with Crippen molar-refractivity contribution in [3.05, 3.63) is 23.3 Å². The molecule has 1 atom stereocenters. The van der Waals surface area contributed by atoms with Crippen LogP contribution in [-0.4, -0.2) is 17.0 Å². The standard InChI is InChI=1S/C10H13N3OS/c1-6(11-3)10-13-4-8(14-10)9-5-12-7(2)15-9/h4-6,11H,1-3H3. The highest BCUT2D eigenvalue weighted by molar-refractivity contribution is 7.14. The number of oxazole rings is 1. The molecule has 0 radical (unpaired) electrons. The molecule has 0 bridgehead atoms. The monoisotopic (exact) mass is 223 g/mol. The Hall–Kier alpha value is -1.20. The van der Waals surface area contributed by atoms with E-state index in [0.29, 0.717) is 5.89 Å². The third kappa shape index (κ3) is 2.08. The Morgan fingerprint density at radius 2 is 2.20 bits per heavy atom. The van der Waals surface area contributed by atoms with Crippen LogP contribution in [0.1, 0.15) is 23.9 Å². The van der Waals surface area contributed by atoms with E-state index in [2.05, 4.69) is 15.3 Å². The van der Waals surface area contributed by atoms with Crippen molar-refractivity contribution in [2.45, 2.75) is 19.9 Å². The number of nitrogens with zero attached hydrogens (tertiary/aromatic N) is 2. The van der Waals surface area contributed by atoms with Crippen LogP contribution < -0.4 is 5.32 Å². The van der Waals surface area contributed by atoms with Gasteiger partial charge in [-0.3, -0.25) is 0 Å². The molecule has 4 nitrogen and oxygen atoms in total. The average molecular weight is 223 g/mol. The fourth-order valence-electron chi connectivity index (χ4n) is 1.20. The van der Waals surface area contributed by atoms with Gasteiger partial charge in [-0.05, 0) is 20.9 Å². The van der Waals surface area contributed by atoms with Gasteiger partial charge in [-0.25, -0.2) is 9.97 Å². The van der Waals surface area contributed by atoms with Crippen molar-refractivity contribution >= 4 is 11.3 Å². The lowest BCUT2D eigenvalue weighted by molar-refractivity contribution is 0.442. The molecule has 0 aromatic carbocycles. The predicted molar refractivity (Wildman–Crippen MR) is 59.8 cm³/mol. The lowest BCUT2D eigenvalue weighted by Crippen LogP contribution is -2.12. The van der Waals surface area contributed by atoms with Crippen molar-refractivity contribution in [2.24, 2.45) is 0 Å². The largest absolute Gasteiger partial charge is 0.438 e. The van der Waals surface area contributed by atoms with Crippen LogP contribution in [0, 0.1) is 6.92 Å². The number of thiazole rings is 1. The van der Waals surface area contributed by atoms with E-state index in [1.807, 2.05) is 27.1 Å². The second-order valence-electron chi connectivity index (χ2n) is 3.32. The van der Waals surface area contributed by atoms with Crippen molar-refractivity contribution in [3.8, 4) is 10.6 Å². The van der Waals surface area contributed by atoms with Crippen molar-refractivity contribution in [2.75, 3.05) is 7.05 Å². The molecule has 0 fully saturated rings. The molecule has 5 heteroatoms. The minimum absolute atomic E-state index is 0.132. The number of rotatable bonds is 3. The van der Waals surface area contributed by atoms with E-state index in [1.54, 1.807) is 17.5 Å². The van der Waals surface area contributed by atoms with Crippen molar-refractivity contribution in [1.29, 1.82) is 0 Å². The number of aromatic nitrogens is 2. The first-order valence-electron chi connectivity index (χ1n) is 4.76. The second-order valence-corrected chi connectivity index (χ2v) is 4.55. The van der Waals surface area contributed by atoms with Crippen LogP contribution in [0.4, 0.5) is 0 Å². The fourth-order valence-corrected chi connectivity index (χ4v) is 1.92. The molecule has 0 aliphatic rings. The summed E-state index contributed by atoms with van der Waals surface area (Å²) in [4.78, 5) is 9.43. The molecule has 1 N–H and O–H groups in total. The van der Waals surface area contributed by atoms with Crippen molar-refractivity contribution in [1.82, 2.24) is 15.3 Å². The van der Waals surface area contributed by atoms with E-state index in [-0.39, 0.29) is 6.04 Å². The van der Waals surface area contributed by atoms with E-state index in [4.69, 9.17) is 4.42 Å². The molecule has 0 spiro atoms. The first-order valence-corrected chi connectivity index (χ1v) is 5.58. The SMILES string of the molecule is CNC(C)c1ncc(-c2cnc(C)s2)o1. The summed E-state index contributed by atoms with van der Waals surface area (Å²) >= 11 is 1.61.